The molecule has 2 heterocycles. The standard InChI is InChI=1S/C38H48FN3O5/c1-2-46-36-22-35(29-10-12-31(39)13-11-29)34(28-8-9-28)21-30(36)24-41-19-16-38(17-20-41)26-42(37(45)47-38)32-14-6-27(7-15-32)23-40-18-4-3-5-33(44)25-43/h6-7,10-15,21-22,28,33,40,43-44H,2-5,8-9,16-20,23-26H2,1H3. The topological polar surface area (TPSA) is 94.5 Å². The summed E-state index contributed by atoms with van der Waals surface area (Å²) in [6, 6.07) is 19.3. The Balaban J connectivity index is 1.04. The summed E-state index contributed by atoms with van der Waals surface area (Å²) in [5, 5.41) is 21.8. The highest BCUT2D eigenvalue weighted by molar-refractivity contribution is 5.90. The highest BCUT2D eigenvalue weighted by Crippen LogP contribution is 2.47. The monoisotopic (exact) mass is 645 g/mol. The molecule has 0 radical (unpaired) electrons. The van der Waals surface area contributed by atoms with Crippen LogP contribution < -0.4 is 15.0 Å². The minimum atomic E-state index is -0.625. The van der Waals surface area contributed by atoms with Crippen LogP contribution in [0.2, 0.25) is 0 Å². The maximum Gasteiger partial charge on any atom is 0.415 e. The van der Waals surface area contributed by atoms with Crippen LogP contribution in [0.4, 0.5) is 14.9 Å². The van der Waals surface area contributed by atoms with E-state index >= 15 is 0 Å². The fourth-order valence-electron chi connectivity index (χ4n) is 6.86. The van der Waals surface area contributed by atoms with E-state index in [9.17, 15) is 14.3 Å². The van der Waals surface area contributed by atoms with Crippen molar-refractivity contribution in [3.05, 3.63) is 83.2 Å². The Labute approximate surface area is 277 Å². The summed E-state index contributed by atoms with van der Waals surface area (Å²) in [6.07, 6.45) is 5.42. The molecule has 252 valence electrons. The fraction of sp³-hybridized carbons (Fsp3) is 0.500. The zero-order chi connectivity index (χ0) is 32.8. The normalized spacial score (nSPS) is 18.5. The molecule has 1 amide bonds. The lowest BCUT2D eigenvalue weighted by Crippen LogP contribution is -2.46. The quantitative estimate of drug-likeness (QED) is 0.165. The van der Waals surface area contributed by atoms with E-state index in [-0.39, 0.29) is 18.5 Å². The van der Waals surface area contributed by atoms with Crippen molar-refractivity contribution in [1.82, 2.24) is 10.2 Å². The smallest absolute Gasteiger partial charge is 0.415 e. The van der Waals surface area contributed by atoms with Crippen LogP contribution in [0, 0.1) is 5.82 Å². The van der Waals surface area contributed by atoms with Gasteiger partial charge in [0.25, 0.3) is 0 Å². The third-order valence-electron chi connectivity index (χ3n) is 9.77. The number of amides is 1. The van der Waals surface area contributed by atoms with E-state index in [1.807, 2.05) is 43.3 Å². The predicted octanol–water partition coefficient (Wildman–Crippen LogP) is 6.37. The van der Waals surface area contributed by atoms with Crippen molar-refractivity contribution in [3.63, 3.8) is 0 Å². The molecule has 8 nitrogen and oxygen atoms in total. The number of likely N-dealkylation sites (tertiary alicyclic amines) is 1. The van der Waals surface area contributed by atoms with E-state index < -0.39 is 11.7 Å². The minimum Gasteiger partial charge on any atom is -0.494 e. The van der Waals surface area contributed by atoms with Gasteiger partial charge in [0.15, 0.2) is 0 Å². The van der Waals surface area contributed by atoms with Crippen LogP contribution in [0.1, 0.15) is 74.5 Å². The van der Waals surface area contributed by atoms with Gasteiger partial charge in [-0.3, -0.25) is 9.80 Å². The van der Waals surface area contributed by atoms with Gasteiger partial charge in [0.2, 0.25) is 0 Å². The van der Waals surface area contributed by atoms with Gasteiger partial charge in [-0.15, -0.1) is 0 Å². The van der Waals surface area contributed by atoms with Crippen molar-refractivity contribution in [3.8, 4) is 16.9 Å². The number of benzene rings is 3. The number of carbonyl (C=O) groups is 1. The summed E-state index contributed by atoms with van der Waals surface area (Å²) in [6.45, 7) is 6.95. The van der Waals surface area contributed by atoms with Crippen molar-refractivity contribution in [2.75, 3.05) is 44.3 Å². The van der Waals surface area contributed by atoms with Gasteiger partial charge in [0.05, 0.1) is 25.9 Å². The molecule has 1 spiro atoms. The second-order valence-electron chi connectivity index (χ2n) is 13.4. The van der Waals surface area contributed by atoms with Crippen LogP contribution in [0.25, 0.3) is 11.1 Å². The molecule has 1 unspecified atom stereocenters. The molecule has 47 heavy (non-hydrogen) atoms. The number of carbonyl (C=O) groups excluding carboxylic acids is 1. The number of aliphatic hydroxyl groups is 2. The summed E-state index contributed by atoms with van der Waals surface area (Å²) < 4.78 is 25.9. The zero-order valence-corrected chi connectivity index (χ0v) is 27.4. The van der Waals surface area contributed by atoms with Gasteiger partial charge < -0.3 is 25.0 Å². The molecule has 1 aliphatic carbocycles. The Morgan fingerprint density at radius 2 is 1.81 bits per heavy atom. The van der Waals surface area contributed by atoms with Gasteiger partial charge >= 0.3 is 6.09 Å². The van der Waals surface area contributed by atoms with Crippen molar-refractivity contribution in [2.45, 2.75) is 82.6 Å². The lowest BCUT2D eigenvalue weighted by Gasteiger charge is -2.37. The third kappa shape index (κ3) is 8.33. The van der Waals surface area contributed by atoms with E-state index in [4.69, 9.17) is 14.6 Å². The van der Waals surface area contributed by atoms with Crippen LogP contribution in [-0.4, -0.2) is 72.3 Å². The van der Waals surface area contributed by atoms with Gasteiger partial charge in [-0.05, 0) is 110 Å². The Kier molecular flexibility index (Phi) is 10.8. The summed E-state index contributed by atoms with van der Waals surface area (Å²) >= 11 is 0. The Morgan fingerprint density at radius 3 is 2.49 bits per heavy atom. The molecular weight excluding hydrogens is 597 g/mol. The van der Waals surface area contributed by atoms with E-state index in [0.29, 0.717) is 25.5 Å². The molecule has 3 fully saturated rings. The molecule has 6 rings (SSSR count). The van der Waals surface area contributed by atoms with Gasteiger partial charge in [-0.1, -0.05) is 24.3 Å². The average molecular weight is 646 g/mol. The SMILES string of the molecule is CCOc1cc(-c2ccc(F)cc2)c(C2CC2)cc1CN1CCC2(CC1)CN(c1ccc(CNCCCCC(O)CO)cc1)C(=O)O2. The molecule has 1 saturated carbocycles. The van der Waals surface area contributed by atoms with Crippen LogP contribution in [-0.2, 0) is 17.8 Å². The van der Waals surface area contributed by atoms with E-state index in [2.05, 4.69) is 22.3 Å². The number of unbranched alkanes of at least 4 members (excludes halogenated alkanes) is 1. The number of piperidine rings is 1. The van der Waals surface area contributed by atoms with Crippen LogP contribution >= 0.6 is 0 Å². The maximum absolute atomic E-state index is 13.7. The number of nitrogens with one attached hydrogen (secondary N) is 1. The first kappa shape index (κ1) is 33.4. The fourth-order valence-corrected chi connectivity index (χ4v) is 6.86. The van der Waals surface area contributed by atoms with Crippen LogP contribution in [0.15, 0.2) is 60.7 Å². The third-order valence-corrected chi connectivity index (χ3v) is 9.77. The highest BCUT2D eigenvalue weighted by Gasteiger charge is 2.47. The van der Waals surface area contributed by atoms with E-state index in [1.54, 1.807) is 4.90 Å². The molecule has 0 bridgehead atoms. The van der Waals surface area contributed by atoms with Crippen molar-refractivity contribution in [1.29, 1.82) is 0 Å². The summed E-state index contributed by atoms with van der Waals surface area (Å²) in [5.74, 6) is 1.18. The number of ether oxygens (including phenoxy) is 2. The maximum atomic E-state index is 13.7. The summed E-state index contributed by atoms with van der Waals surface area (Å²) in [5.41, 5.74) is 6.16. The Hall–Kier alpha value is -3.50. The zero-order valence-electron chi connectivity index (χ0n) is 27.4. The molecule has 1 atom stereocenters. The second kappa shape index (κ2) is 15.2. The van der Waals surface area contributed by atoms with Crippen LogP contribution in [0.5, 0.6) is 5.75 Å². The molecule has 2 aliphatic heterocycles. The summed E-state index contributed by atoms with van der Waals surface area (Å²) in [7, 11) is 0. The lowest BCUT2D eigenvalue weighted by molar-refractivity contribution is -0.00111. The first-order chi connectivity index (χ1) is 22.9. The predicted molar refractivity (Wildman–Crippen MR) is 181 cm³/mol. The van der Waals surface area contributed by atoms with Crippen molar-refractivity contribution >= 4 is 11.8 Å². The van der Waals surface area contributed by atoms with E-state index in [1.165, 1.54) is 36.1 Å². The van der Waals surface area contributed by atoms with Gasteiger partial charge in [0, 0.05) is 50.3 Å². The molecule has 2 saturated heterocycles. The number of hydrogen-bond donors (Lipinski definition) is 3. The number of anilines is 1. The first-order valence-corrected chi connectivity index (χ1v) is 17.2. The lowest BCUT2D eigenvalue weighted by atomic mass is 9.90. The van der Waals surface area contributed by atoms with Crippen LogP contribution in [0.3, 0.4) is 0 Å². The number of aliphatic hydroxyl groups excluding tert-OH is 2. The number of rotatable bonds is 15. The minimum absolute atomic E-state index is 0.183. The molecule has 3 aromatic rings. The number of hydrogen-bond acceptors (Lipinski definition) is 7. The highest BCUT2D eigenvalue weighted by atomic mass is 19.1. The molecule has 3 aromatic carbocycles. The Morgan fingerprint density at radius 1 is 1.06 bits per heavy atom. The second-order valence-corrected chi connectivity index (χ2v) is 13.4. The summed E-state index contributed by atoms with van der Waals surface area (Å²) in [4.78, 5) is 17.2. The van der Waals surface area contributed by atoms with Gasteiger partial charge in [0.1, 0.15) is 17.2 Å². The molecule has 3 aliphatic rings. The molecule has 3 N–H and O–H groups in total. The van der Waals surface area contributed by atoms with Gasteiger partial charge in [-0.2, -0.15) is 0 Å². The average Bonchev–Trinajstić information content (AvgIpc) is 3.88. The van der Waals surface area contributed by atoms with Crippen molar-refractivity contribution < 1.29 is 28.9 Å². The van der Waals surface area contributed by atoms with Gasteiger partial charge in [-0.25, -0.2) is 9.18 Å². The number of halogens is 1. The molecular formula is C38H48FN3O5. The Bertz CT molecular complexity index is 1490. The van der Waals surface area contributed by atoms with E-state index in [0.717, 1.165) is 86.5 Å². The number of nitrogens with zero attached hydrogens (tertiary/aromatic N) is 2. The molecule has 0 aromatic heterocycles. The first-order valence-electron chi connectivity index (χ1n) is 17.2. The largest absolute Gasteiger partial charge is 0.494 e. The molecule has 9 heteroatoms. The van der Waals surface area contributed by atoms with Crippen molar-refractivity contribution in [2.24, 2.45) is 0 Å².